The fourth-order valence-electron chi connectivity index (χ4n) is 1.08. The van der Waals surface area contributed by atoms with E-state index in [4.69, 9.17) is 21.1 Å². The first-order valence-corrected chi connectivity index (χ1v) is 5.45. The summed E-state index contributed by atoms with van der Waals surface area (Å²) in [5, 5.41) is 10.1. The molecule has 78 valence electrons. The molecule has 0 spiro atoms. The molecule has 1 aromatic heterocycles. The number of aromatic nitrogens is 1. The van der Waals surface area contributed by atoms with Gasteiger partial charge in [0.1, 0.15) is 6.26 Å². The zero-order chi connectivity index (χ0) is 10.7. The lowest BCUT2D eigenvalue weighted by molar-refractivity contribution is 0.282. The predicted molar refractivity (Wildman–Crippen MR) is 58.0 cm³/mol. The van der Waals surface area contributed by atoms with Crippen molar-refractivity contribution in [3.05, 3.63) is 41.2 Å². The smallest absolute Gasteiger partial charge is 0.260 e. The number of aliphatic hydroxyl groups is 1. The van der Waals surface area contributed by atoms with Crippen LogP contribution in [-0.4, -0.2) is 10.1 Å². The number of nitrogens with zero attached hydrogens (tertiary/aromatic N) is 1. The Morgan fingerprint density at radius 3 is 2.93 bits per heavy atom. The summed E-state index contributed by atoms with van der Waals surface area (Å²) in [4.78, 5) is 4.84. The number of halogens is 1. The Kier molecular flexibility index (Phi) is 3.30. The highest BCUT2D eigenvalue weighted by Gasteiger charge is 2.06. The van der Waals surface area contributed by atoms with E-state index in [1.807, 2.05) is 12.1 Å². The Bertz CT molecular complexity index is 445. The standard InChI is InChI=1S/C10H8ClNO2S/c11-8-5-7(6-13)1-2-9(8)15-10-12-3-4-14-10/h1-5,13H,6H2. The van der Waals surface area contributed by atoms with Crippen molar-refractivity contribution >= 4 is 23.4 Å². The maximum atomic E-state index is 8.91. The molecule has 0 aliphatic carbocycles. The highest BCUT2D eigenvalue weighted by Crippen LogP contribution is 2.32. The molecule has 1 heterocycles. The summed E-state index contributed by atoms with van der Waals surface area (Å²) in [6.45, 7) is -0.0102. The first-order valence-electron chi connectivity index (χ1n) is 4.26. The van der Waals surface area contributed by atoms with Gasteiger partial charge in [0.25, 0.3) is 5.22 Å². The van der Waals surface area contributed by atoms with Crippen molar-refractivity contribution in [1.82, 2.24) is 4.98 Å². The van der Waals surface area contributed by atoms with Crippen LogP contribution in [-0.2, 0) is 6.61 Å². The molecule has 2 rings (SSSR count). The van der Waals surface area contributed by atoms with E-state index in [2.05, 4.69) is 4.98 Å². The summed E-state index contributed by atoms with van der Waals surface area (Å²) < 4.78 is 5.09. The number of aliphatic hydroxyl groups excluding tert-OH is 1. The van der Waals surface area contributed by atoms with Gasteiger partial charge >= 0.3 is 0 Å². The van der Waals surface area contributed by atoms with E-state index in [-0.39, 0.29) is 6.61 Å². The Balaban J connectivity index is 2.22. The van der Waals surface area contributed by atoms with E-state index in [1.165, 1.54) is 18.0 Å². The first kappa shape index (κ1) is 10.5. The van der Waals surface area contributed by atoms with E-state index in [1.54, 1.807) is 12.3 Å². The third-order valence-corrected chi connectivity index (χ3v) is 3.16. The first-order chi connectivity index (χ1) is 7.29. The van der Waals surface area contributed by atoms with Crippen LogP contribution in [0.4, 0.5) is 0 Å². The zero-order valence-corrected chi connectivity index (χ0v) is 9.26. The minimum Gasteiger partial charge on any atom is -0.440 e. The van der Waals surface area contributed by atoms with Gasteiger partial charge in [-0.3, -0.25) is 0 Å². The number of hydrogen-bond donors (Lipinski definition) is 1. The lowest BCUT2D eigenvalue weighted by Gasteiger charge is -2.02. The van der Waals surface area contributed by atoms with Gasteiger partial charge in [0.2, 0.25) is 0 Å². The van der Waals surface area contributed by atoms with Crippen molar-refractivity contribution < 1.29 is 9.52 Å². The molecule has 15 heavy (non-hydrogen) atoms. The van der Waals surface area contributed by atoms with Crippen molar-refractivity contribution in [2.75, 3.05) is 0 Å². The van der Waals surface area contributed by atoms with Crippen molar-refractivity contribution in [1.29, 1.82) is 0 Å². The molecule has 2 aromatic rings. The van der Waals surface area contributed by atoms with Crippen LogP contribution >= 0.6 is 23.4 Å². The fraction of sp³-hybridized carbons (Fsp3) is 0.100. The number of benzene rings is 1. The van der Waals surface area contributed by atoms with Crippen molar-refractivity contribution in [2.45, 2.75) is 16.7 Å². The summed E-state index contributed by atoms with van der Waals surface area (Å²) in [6, 6.07) is 5.38. The lowest BCUT2D eigenvalue weighted by atomic mass is 10.2. The third kappa shape index (κ3) is 2.53. The highest BCUT2D eigenvalue weighted by atomic mass is 35.5. The molecule has 0 saturated carbocycles. The maximum Gasteiger partial charge on any atom is 0.260 e. The van der Waals surface area contributed by atoms with Crippen LogP contribution in [0.5, 0.6) is 0 Å². The quantitative estimate of drug-likeness (QED) is 0.898. The Hall–Kier alpha value is -0.970. The van der Waals surface area contributed by atoms with E-state index >= 15 is 0 Å². The third-order valence-electron chi connectivity index (χ3n) is 1.79. The van der Waals surface area contributed by atoms with Crippen LogP contribution in [0.25, 0.3) is 0 Å². The molecule has 0 amide bonds. The molecule has 0 fully saturated rings. The molecule has 0 atom stereocenters. The molecule has 5 heteroatoms. The monoisotopic (exact) mass is 241 g/mol. The topological polar surface area (TPSA) is 46.3 Å². The van der Waals surface area contributed by atoms with Crippen molar-refractivity contribution in [3.8, 4) is 0 Å². The molecule has 0 bridgehead atoms. The van der Waals surface area contributed by atoms with Crippen LogP contribution in [0.3, 0.4) is 0 Å². The SMILES string of the molecule is OCc1ccc(Sc2ncco2)c(Cl)c1. The highest BCUT2D eigenvalue weighted by molar-refractivity contribution is 7.99. The maximum absolute atomic E-state index is 8.91. The lowest BCUT2D eigenvalue weighted by Crippen LogP contribution is -1.83. The largest absolute Gasteiger partial charge is 0.440 e. The van der Waals surface area contributed by atoms with Crippen LogP contribution in [0.15, 0.2) is 45.2 Å². The van der Waals surface area contributed by atoms with Gasteiger partial charge in [0.05, 0.1) is 17.8 Å². The van der Waals surface area contributed by atoms with E-state index in [0.717, 1.165) is 10.5 Å². The molecule has 0 saturated heterocycles. The van der Waals surface area contributed by atoms with Gasteiger partial charge in [0.15, 0.2) is 0 Å². The zero-order valence-electron chi connectivity index (χ0n) is 7.68. The second kappa shape index (κ2) is 4.70. The summed E-state index contributed by atoms with van der Waals surface area (Å²) in [5.74, 6) is 0. The Morgan fingerprint density at radius 1 is 1.47 bits per heavy atom. The van der Waals surface area contributed by atoms with Gasteiger partial charge in [0, 0.05) is 4.90 Å². The summed E-state index contributed by atoms with van der Waals surface area (Å²) in [6.07, 6.45) is 3.09. The fourth-order valence-corrected chi connectivity index (χ4v) is 2.10. The number of rotatable bonds is 3. The van der Waals surface area contributed by atoms with E-state index in [0.29, 0.717) is 10.2 Å². The van der Waals surface area contributed by atoms with Gasteiger partial charge in [-0.15, -0.1) is 0 Å². The van der Waals surface area contributed by atoms with Crippen LogP contribution in [0.1, 0.15) is 5.56 Å². The second-order valence-electron chi connectivity index (χ2n) is 2.82. The molecule has 0 unspecified atom stereocenters. The molecule has 0 aliphatic heterocycles. The molecule has 3 nitrogen and oxygen atoms in total. The number of hydrogen-bond acceptors (Lipinski definition) is 4. The van der Waals surface area contributed by atoms with Crippen molar-refractivity contribution in [2.24, 2.45) is 0 Å². The molecule has 0 aliphatic rings. The average molecular weight is 242 g/mol. The summed E-state index contributed by atoms with van der Waals surface area (Å²) >= 11 is 7.37. The molecular weight excluding hydrogens is 234 g/mol. The van der Waals surface area contributed by atoms with Gasteiger partial charge in [-0.25, -0.2) is 4.98 Å². The van der Waals surface area contributed by atoms with Crippen molar-refractivity contribution in [3.63, 3.8) is 0 Å². The Morgan fingerprint density at radius 2 is 2.33 bits per heavy atom. The van der Waals surface area contributed by atoms with Crippen LogP contribution in [0.2, 0.25) is 5.02 Å². The Labute approximate surface area is 96.1 Å². The van der Waals surface area contributed by atoms with Gasteiger partial charge in [-0.05, 0) is 29.5 Å². The van der Waals surface area contributed by atoms with E-state index < -0.39 is 0 Å². The van der Waals surface area contributed by atoms with Crippen LogP contribution < -0.4 is 0 Å². The van der Waals surface area contributed by atoms with Gasteiger partial charge in [-0.2, -0.15) is 0 Å². The summed E-state index contributed by atoms with van der Waals surface area (Å²) in [7, 11) is 0. The number of oxazole rings is 1. The second-order valence-corrected chi connectivity index (χ2v) is 4.22. The minimum absolute atomic E-state index is 0.0102. The van der Waals surface area contributed by atoms with E-state index in [9.17, 15) is 0 Å². The van der Waals surface area contributed by atoms with Gasteiger partial charge < -0.3 is 9.52 Å². The molecular formula is C10H8ClNO2S. The normalized spacial score (nSPS) is 10.5. The van der Waals surface area contributed by atoms with Crippen LogP contribution in [0, 0.1) is 0 Å². The molecule has 0 radical (unpaired) electrons. The minimum atomic E-state index is -0.0102. The average Bonchev–Trinajstić information content (AvgIpc) is 2.74. The molecule has 1 N–H and O–H groups in total. The van der Waals surface area contributed by atoms with Gasteiger partial charge in [-0.1, -0.05) is 17.7 Å². The molecule has 1 aromatic carbocycles. The summed E-state index contributed by atoms with van der Waals surface area (Å²) in [5.41, 5.74) is 0.789. The predicted octanol–water partition coefficient (Wildman–Crippen LogP) is 2.97.